The smallest absolute Gasteiger partial charge is 0.220 e. The van der Waals surface area contributed by atoms with E-state index in [4.69, 9.17) is 5.73 Å². The molecule has 14 heavy (non-hydrogen) atoms. The Bertz CT molecular complexity index is 423. The Hall–Kier alpha value is -1.42. The topological polar surface area (TPSA) is 51.8 Å². The second kappa shape index (κ2) is 3.75. The Morgan fingerprint density at radius 1 is 1.43 bits per heavy atom. The van der Waals surface area contributed by atoms with Gasteiger partial charge in [-0.25, -0.2) is 9.97 Å². The number of anilines is 1. The minimum atomic E-state index is 0.352. The molecule has 3 nitrogen and oxygen atoms in total. The van der Waals surface area contributed by atoms with Crippen molar-refractivity contribution in [2.24, 2.45) is 0 Å². The van der Waals surface area contributed by atoms with Crippen LogP contribution in [0, 0.1) is 0 Å². The van der Waals surface area contributed by atoms with Gasteiger partial charge in [0.05, 0.1) is 5.69 Å². The molecule has 0 fully saturated rings. The Kier molecular flexibility index (Phi) is 2.45. The molecule has 0 atom stereocenters. The third kappa shape index (κ3) is 1.75. The standard InChI is InChI=1S/C10H11N3S/c1-2-8-5-9(13-10(11)12-8)7-3-4-14-6-7/h3-6H,2H2,1H3,(H2,11,12,13). The Labute approximate surface area is 86.6 Å². The van der Waals surface area contributed by atoms with Crippen molar-refractivity contribution in [3.05, 3.63) is 28.6 Å². The van der Waals surface area contributed by atoms with E-state index in [2.05, 4.69) is 22.3 Å². The van der Waals surface area contributed by atoms with Crippen molar-refractivity contribution in [1.82, 2.24) is 9.97 Å². The molecule has 0 radical (unpaired) electrons. The van der Waals surface area contributed by atoms with Crippen molar-refractivity contribution in [3.63, 3.8) is 0 Å². The second-order valence-electron chi connectivity index (χ2n) is 2.97. The fourth-order valence-corrected chi connectivity index (χ4v) is 1.91. The van der Waals surface area contributed by atoms with Gasteiger partial charge in [0, 0.05) is 16.6 Å². The molecule has 0 bridgehead atoms. The van der Waals surface area contributed by atoms with E-state index >= 15 is 0 Å². The number of aromatic nitrogens is 2. The molecule has 0 saturated carbocycles. The number of nitrogen functional groups attached to an aromatic ring is 1. The zero-order chi connectivity index (χ0) is 9.97. The maximum atomic E-state index is 5.62. The molecule has 0 unspecified atom stereocenters. The van der Waals surface area contributed by atoms with Crippen LogP contribution in [0.1, 0.15) is 12.6 Å². The molecule has 2 N–H and O–H groups in total. The minimum absolute atomic E-state index is 0.352. The van der Waals surface area contributed by atoms with E-state index in [9.17, 15) is 0 Å². The number of nitrogens with zero attached hydrogens (tertiary/aromatic N) is 2. The van der Waals surface area contributed by atoms with E-state index in [1.54, 1.807) is 11.3 Å². The normalized spacial score (nSPS) is 10.4. The minimum Gasteiger partial charge on any atom is -0.368 e. The van der Waals surface area contributed by atoms with Gasteiger partial charge in [-0.05, 0) is 23.9 Å². The molecule has 0 spiro atoms. The molecule has 2 aromatic rings. The molecule has 0 aromatic carbocycles. The lowest BCUT2D eigenvalue weighted by Gasteiger charge is -2.01. The van der Waals surface area contributed by atoms with Crippen LogP contribution in [0.4, 0.5) is 5.95 Å². The largest absolute Gasteiger partial charge is 0.368 e. The van der Waals surface area contributed by atoms with Crippen LogP contribution in [0.3, 0.4) is 0 Å². The van der Waals surface area contributed by atoms with E-state index in [1.807, 2.05) is 17.5 Å². The van der Waals surface area contributed by atoms with Crippen LogP contribution >= 0.6 is 11.3 Å². The zero-order valence-corrected chi connectivity index (χ0v) is 8.71. The highest BCUT2D eigenvalue weighted by Crippen LogP contribution is 2.21. The molecule has 0 aliphatic carbocycles. The summed E-state index contributed by atoms with van der Waals surface area (Å²) in [6.45, 7) is 2.05. The zero-order valence-electron chi connectivity index (χ0n) is 7.90. The van der Waals surface area contributed by atoms with Crippen LogP contribution < -0.4 is 5.73 Å². The number of thiophene rings is 1. The molecule has 2 aromatic heterocycles. The highest BCUT2D eigenvalue weighted by Gasteiger charge is 2.03. The Morgan fingerprint density at radius 3 is 2.93 bits per heavy atom. The Morgan fingerprint density at radius 2 is 2.29 bits per heavy atom. The van der Waals surface area contributed by atoms with Gasteiger partial charge < -0.3 is 5.73 Å². The van der Waals surface area contributed by atoms with Crippen LogP contribution in [0.25, 0.3) is 11.3 Å². The number of nitrogens with two attached hydrogens (primary N) is 1. The van der Waals surface area contributed by atoms with Gasteiger partial charge in [-0.2, -0.15) is 11.3 Å². The molecule has 4 heteroatoms. The predicted octanol–water partition coefficient (Wildman–Crippen LogP) is 2.35. The summed E-state index contributed by atoms with van der Waals surface area (Å²) in [5, 5.41) is 4.08. The first-order valence-corrected chi connectivity index (χ1v) is 5.40. The van der Waals surface area contributed by atoms with Gasteiger partial charge in [-0.3, -0.25) is 0 Å². The second-order valence-corrected chi connectivity index (χ2v) is 3.75. The van der Waals surface area contributed by atoms with Crippen molar-refractivity contribution < 1.29 is 0 Å². The van der Waals surface area contributed by atoms with Gasteiger partial charge in [0.15, 0.2) is 0 Å². The summed E-state index contributed by atoms with van der Waals surface area (Å²) in [5.74, 6) is 0.352. The SMILES string of the molecule is CCc1cc(-c2ccsc2)nc(N)n1. The average Bonchev–Trinajstić information content (AvgIpc) is 2.69. The summed E-state index contributed by atoms with van der Waals surface area (Å²) < 4.78 is 0. The fraction of sp³-hybridized carbons (Fsp3) is 0.200. The highest BCUT2D eigenvalue weighted by molar-refractivity contribution is 7.08. The highest BCUT2D eigenvalue weighted by atomic mass is 32.1. The maximum absolute atomic E-state index is 5.62. The van der Waals surface area contributed by atoms with Gasteiger partial charge in [0.2, 0.25) is 5.95 Å². The summed E-state index contributed by atoms with van der Waals surface area (Å²) in [6.07, 6.45) is 0.879. The summed E-state index contributed by atoms with van der Waals surface area (Å²) in [6, 6.07) is 4.02. The number of rotatable bonds is 2. The first-order chi connectivity index (χ1) is 6.79. The lowest BCUT2D eigenvalue weighted by molar-refractivity contribution is 1.01. The fourth-order valence-electron chi connectivity index (χ4n) is 1.26. The van der Waals surface area contributed by atoms with Crippen molar-refractivity contribution >= 4 is 17.3 Å². The van der Waals surface area contributed by atoms with Crippen LogP contribution in [0.2, 0.25) is 0 Å². The number of hydrogen-bond donors (Lipinski definition) is 1. The molecule has 0 aliphatic rings. The number of hydrogen-bond acceptors (Lipinski definition) is 4. The summed E-state index contributed by atoms with van der Waals surface area (Å²) in [5.41, 5.74) is 8.63. The van der Waals surface area contributed by atoms with Crippen molar-refractivity contribution in [3.8, 4) is 11.3 Å². The van der Waals surface area contributed by atoms with Crippen LogP contribution in [0.15, 0.2) is 22.9 Å². The van der Waals surface area contributed by atoms with Crippen molar-refractivity contribution in [2.75, 3.05) is 5.73 Å². The monoisotopic (exact) mass is 205 g/mol. The first kappa shape index (κ1) is 9.15. The lowest BCUT2D eigenvalue weighted by atomic mass is 10.2. The molecule has 2 heterocycles. The molecule has 0 saturated heterocycles. The van der Waals surface area contributed by atoms with E-state index in [0.717, 1.165) is 23.4 Å². The van der Waals surface area contributed by atoms with Crippen LogP contribution in [-0.4, -0.2) is 9.97 Å². The van der Waals surface area contributed by atoms with Gasteiger partial charge in [0.1, 0.15) is 0 Å². The van der Waals surface area contributed by atoms with E-state index in [1.165, 1.54) is 0 Å². The predicted molar refractivity (Wildman–Crippen MR) is 59.1 cm³/mol. The molecule has 72 valence electrons. The maximum Gasteiger partial charge on any atom is 0.220 e. The third-order valence-electron chi connectivity index (χ3n) is 1.98. The molecule has 0 aliphatic heterocycles. The van der Waals surface area contributed by atoms with E-state index < -0.39 is 0 Å². The van der Waals surface area contributed by atoms with Crippen LogP contribution in [0.5, 0.6) is 0 Å². The number of aryl methyl sites for hydroxylation is 1. The van der Waals surface area contributed by atoms with Gasteiger partial charge in [-0.1, -0.05) is 6.92 Å². The first-order valence-electron chi connectivity index (χ1n) is 4.45. The molecule has 0 amide bonds. The average molecular weight is 205 g/mol. The van der Waals surface area contributed by atoms with Crippen LogP contribution in [-0.2, 0) is 6.42 Å². The quantitative estimate of drug-likeness (QED) is 0.818. The van der Waals surface area contributed by atoms with Gasteiger partial charge in [0.25, 0.3) is 0 Å². The summed E-state index contributed by atoms with van der Waals surface area (Å²) >= 11 is 1.65. The molecule has 2 rings (SSSR count). The lowest BCUT2D eigenvalue weighted by Crippen LogP contribution is -1.99. The summed E-state index contributed by atoms with van der Waals surface area (Å²) in [7, 11) is 0. The summed E-state index contributed by atoms with van der Waals surface area (Å²) in [4.78, 5) is 8.33. The molecular formula is C10H11N3S. The van der Waals surface area contributed by atoms with Crippen molar-refractivity contribution in [2.45, 2.75) is 13.3 Å². The van der Waals surface area contributed by atoms with Gasteiger partial charge in [-0.15, -0.1) is 0 Å². The molecular weight excluding hydrogens is 194 g/mol. The van der Waals surface area contributed by atoms with Crippen molar-refractivity contribution in [1.29, 1.82) is 0 Å². The Balaban J connectivity index is 2.48. The van der Waals surface area contributed by atoms with Gasteiger partial charge >= 0.3 is 0 Å². The van der Waals surface area contributed by atoms with E-state index in [0.29, 0.717) is 5.95 Å². The third-order valence-corrected chi connectivity index (χ3v) is 2.66. The van der Waals surface area contributed by atoms with E-state index in [-0.39, 0.29) is 0 Å².